The number of aromatic nitrogens is 1. The molecular formula is C12H16BrFN2O2. The van der Waals surface area contributed by atoms with Gasteiger partial charge in [0.2, 0.25) is 0 Å². The van der Waals surface area contributed by atoms with Gasteiger partial charge in [-0.25, -0.2) is 9.37 Å². The topological polar surface area (TPSA) is 45.6 Å². The van der Waals surface area contributed by atoms with Crippen LogP contribution in [0.1, 0.15) is 12.8 Å². The first-order chi connectivity index (χ1) is 8.70. The number of aliphatic hydroxyl groups excluding tert-OH is 1. The molecule has 1 saturated heterocycles. The van der Waals surface area contributed by atoms with Crippen LogP contribution in [0.15, 0.2) is 16.7 Å². The van der Waals surface area contributed by atoms with Crippen LogP contribution in [0.25, 0.3) is 0 Å². The molecule has 0 aliphatic carbocycles. The van der Waals surface area contributed by atoms with E-state index in [1.165, 1.54) is 6.07 Å². The maximum atomic E-state index is 13.7. The average Bonchev–Trinajstić information content (AvgIpc) is 2.37. The molecule has 2 heterocycles. The van der Waals surface area contributed by atoms with Crippen molar-refractivity contribution in [1.29, 1.82) is 0 Å². The van der Waals surface area contributed by atoms with Crippen molar-refractivity contribution in [2.24, 2.45) is 0 Å². The zero-order chi connectivity index (χ0) is 13.0. The number of anilines is 1. The molecule has 0 unspecified atom stereocenters. The maximum Gasteiger partial charge on any atom is 0.166 e. The predicted molar refractivity (Wildman–Crippen MR) is 70.2 cm³/mol. The maximum absolute atomic E-state index is 13.7. The standard InChI is InChI=1S/C12H16BrFN2O2/c13-9-7-11(14)12(15-8-9)16-3-1-10(2-4-16)18-6-5-17/h7-8,10,17H,1-6H2. The summed E-state index contributed by atoms with van der Waals surface area (Å²) in [5, 5.41) is 8.69. The molecule has 0 amide bonds. The summed E-state index contributed by atoms with van der Waals surface area (Å²) in [6, 6.07) is 1.43. The summed E-state index contributed by atoms with van der Waals surface area (Å²) in [7, 11) is 0. The third-order valence-corrected chi connectivity index (χ3v) is 3.41. The highest BCUT2D eigenvalue weighted by atomic mass is 79.9. The fourth-order valence-corrected chi connectivity index (χ4v) is 2.40. The molecule has 100 valence electrons. The fraction of sp³-hybridized carbons (Fsp3) is 0.583. The first kappa shape index (κ1) is 13.7. The minimum atomic E-state index is -0.306. The summed E-state index contributed by atoms with van der Waals surface area (Å²) in [6.07, 6.45) is 3.42. The molecule has 1 N–H and O–H groups in total. The Kier molecular flexibility index (Phi) is 4.91. The Morgan fingerprint density at radius 1 is 1.50 bits per heavy atom. The van der Waals surface area contributed by atoms with Gasteiger partial charge in [0.15, 0.2) is 11.6 Å². The second-order valence-electron chi connectivity index (χ2n) is 4.24. The first-order valence-electron chi connectivity index (χ1n) is 5.99. The van der Waals surface area contributed by atoms with E-state index in [-0.39, 0.29) is 18.5 Å². The molecule has 0 spiro atoms. The van der Waals surface area contributed by atoms with Crippen LogP contribution >= 0.6 is 15.9 Å². The predicted octanol–water partition coefficient (Wildman–Crippen LogP) is 1.96. The highest BCUT2D eigenvalue weighted by molar-refractivity contribution is 9.10. The summed E-state index contributed by atoms with van der Waals surface area (Å²) in [5.74, 6) is 0.0953. The van der Waals surface area contributed by atoms with Crippen molar-refractivity contribution in [3.8, 4) is 0 Å². The minimum Gasteiger partial charge on any atom is -0.394 e. The van der Waals surface area contributed by atoms with Gasteiger partial charge in [-0.3, -0.25) is 0 Å². The van der Waals surface area contributed by atoms with E-state index in [9.17, 15) is 4.39 Å². The number of pyridine rings is 1. The lowest BCUT2D eigenvalue weighted by Gasteiger charge is -2.32. The first-order valence-corrected chi connectivity index (χ1v) is 6.78. The molecule has 1 aromatic heterocycles. The molecule has 1 aromatic rings. The van der Waals surface area contributed by atoms with E-state index in [1.54, 1.807) is 6.20 Å². The Morgan fingerprint density at radius 2 is 2.22 bits per heavy atom. The number of piperidine rings is 1. The molecule has 0 saturated carbocycles. The summed E-state index contributed by atoms with van der Waals surface area (Å²) in [6.45, 7) is 1.86. The van der Waals surface area contributed by atoms with Crippen LogP contribution in [0.4, 0.5) is 10.2 Å². The monoisotopic (exact) mass is 318 g/mol. The number of nitrogens with zero attached hydrogens (tertiary/aromatic N) is 2. The van der Waals surface area contributed by atoms with Crippen molar-refractivity contribution in [3.63, 3.8) is 0 Å². The van der Waals surface area contributed by atoms with Crippen LogP contribution in [0.5, 0.6) is 0 Å². The second-order valence-corrected chi connectivity index (χ2v) is 5.16. The van der Waals surface area contributed by atoms with Gasteiger partial charge in [0, 0.05) is 23.8 Å². The summed E-state index contributed by atoms with van der Waals surface area (Å²) < 4.78 is 19.8. The van der Waals surface area contributed by atoms with E-state index < -0.39 is 0 Å². The van der Waals surface area contributed by atoms with Gasteiger partial charge in [0.25, 0.3) is 0 Å². The van der Waals surface area contributed by atoms with E-state index >= 15 is 0 Å². The van der Waals surface area contributed by atoms with Gasteiger partial charge in [-0.2, -0.15) is 0 Å². The number of ether oxygens (including phenoxy) is 1. The van der Waals surface area contributed by atoms with Crippen LogP contribution in [0.3, 0.4) is 0 Å². The summed E-state index contributed by atoms with van der Waals surface area (Å²) in [4.78, 5) is 6.04. The van der Waals surface area contributed by atoms with E-state index in [0.717, 1.165) is 25.9 Å². The minimum absolute atomic E-state index is 0.0448. The van der Waals surface area contributed by atoms with E-state index in [1.807, 2.05) is 4.90 Å². The average molecular weight is 319 g/mol. The molecule has 0 radical (unpaired) electrons. The van der Waals surface area contributed by atoms with Gasteiger partial charge in [0.1, 0.15) is 0 Å². The largest absolute Gasteiger partial charge is 0.394 e. The molecule has 0 bridgehead atoms. The van der Waals surface area contributed by atoms with Gasteiger partial charge in [-0.1, -0.05) is 0 Å². The summed E-state index contributed by atoms with van der Waals surface area (Å²) in [5.41, 5.74) is 0. The zero-order valence-corrected chi connectivity index (χ0v) is 11.6. The lowest BCUT2D eigenvalue weighted by molar-refractivity contribution is 0.0158. The molecule has 18 heavy (non-hydrogen) atoms. The Hall–Kier alpha value is -0.720. The van der Waals surface area contributed by atoms with Crippen LogP contribution in [-0.4, -0.2) is 42.5 Å². The lowest BCUT2D eigenvalue weighted by Crippen LogP contribution is -2.38. The molecule has 0 aromatic carbocycles. The molecule has 2 rings (SSSR count). The molecular weight excluding hydrogens is 303 g/mol. The molecule has 1 aliphatic heterocycles. The number of halogens is 2. The SMILES string of the molecule is OCCOC1CCN(c2ncc(Br)cc2F)CC1. The van der Waals surface area contributed by atoms with Gasteiger partial charge in [-0.15, -0.1) is 0 Å². The second kappa shape index (κ2) is 6.45. The van der Waals surface area contributed by atoms with Crippen LogP contribution in [-0.2, 0) is 4.74 Å². The molecule has 1 aliphatic rings. The third-order valence-electron chi connectivity index (χ3n) is 2.97. The van der Waals surface area contributed by atoms with Gasteiger partial charge in [-0.05, 0) is 34.8 Å². The number of aliphatic hydroxyl groups is 1. The van der Waals surface area contributed by atoms with Gasteiger partial charge >= 0.3 is 0 Å². The smallest absolute Gasteiger partial charge is 0.166 e. The highest BCUT2D eigenvalue weighted by Crippen LogP contribution is 2.24. The number of hydrogen-bond acceptors (Lipinski definition) is 4. The molecule has 6 heteroatoms. The van der Waals surface area contributed by atoms with E-state index in [0.29, 0.717) is 16.9 Å². The Morgan fingerprint density at radius 3 is 2.83 bits per heavy atom. The quantitative estimate of drug-likeness (QED) is 0.922. The highest BCUT2D eigenvalue weighted by Gasteiger charge is 2.22. The van der Waals surface area contributed by atoms with Crippen molar-refractivity contribution in [2.75, 3.05) is 31.2 Å². The molecule has 4 nitrogen and oxygen atoms in total. The Bertz CT molecular complexity index is 398. The van der Waals surface area contributed by atoms with Gasteiger partial charge < -0.3 is 14.7 Å². The van der Waals surface area contributed by atoms with Crippen molar-refractivity contribution >= 4 is 21.7 Å². The van der Waals surface area contributed by atoms with Crippen LogP contribution < -0.4 is 4.90 Å². The molecule has 0 atom stereocenters. The van der Waals surface area contributed by atoms with E-state index in [2.05, 4.69) is 20.9 Å². The normalized spacial score (nSPS) is 17.2. The van der Waals surface area contributed by atoms with Crippen LogP contribution in [0, 0.1) is 5.82 Å². The van der Waals surface area contributed by atoms with Crippen LogP contribution in [0.2, 0.25) is 0 Å². The fourth-order valence-electron chi connectivity index (χ4n) is 2.09. The Balaban J connectivity index is 1.93. The van der Waals surface area contributed by atoms with Crippen molar-refractivity contribution in [1.82, 2.24) is 4.98 Å². The van der Waals surface area contributed by atoms with E-state index in [4.69, 9.17) is 9.84 Å². The van der Waals surface area contributed by atoms with Crippen molar-refractivity contribution < 1.29 is 14.2 Å². The summed E-state index contributed by atoms with van der Waals surface area (Å²) >= 11 is 3.19. The van der Waals surface area contributed by atoms with Crippen molar-refractivity contribution in [2.45, 2.75) is 18.9 Å². The molecule has 1 fully saturated rings. The third kappa shape index (κ3) is 3.40. The van der Waals surface area contributed by atoms with Gasteiger partial charge in [0.05, 0.1) is 19.3 Å². The number of hydrogen-bond donors (Lipinski definition) is 1. The number of rotatable bonds is 4. The van der Waals surface area contributed by atoms with Crippen molar-refractivity contribution in [3.05, 3.63) is 22.6 Å². The lowest BCUT2D eigenvalue weighted by atomic mass is 10.1. The zero-order valence-electron chi connectivity index (χ0n) is 9.98. The Labute approximate surface area is 114 Å².